The number of urea groups is 2. The second-order valence-electron chi connectivity index (χ2n) is 8.08. The van der Waals surface area contributed by atoms with Crippen LogP contribution in [0.25, 0.3) is 0 Å². The summed E-state index contributed by atoms with van der Waals surface area (Å²) in [6.07, 6.45) is 1.59. The van der Waals surface area contributed by atoms with Crippen LogP contribution in [0.4, 0.5) is 26.7 Å². The summed E-state index contributed by atoms with van der Waals surface area (Å²) in [6, 6.07) is 12.2. The molecular weight excluding hydrogens is 406 g/mol. The van der Waals surface area contributed by atoms with Gasteiger partial charge in [-0.1, -0.05) is 17.7 Å². The van der Waals surface area contributed by atoms with Crippen LogP contribution in [0.3, 0.4) is 0 Å². The normalized spacial score (nSPS) is 15.6. The van der Waals surface area contributed by atoms with Gasteiger partial charge >= 0.3 is 12.1 Å². The summed E-state index contributed by atoms with van der Waals surface area (Å²) in [7, 11) is 0. The van der Waals surface area contributed by atoms with Gasteiger partial charge in [-0.15, -0.1) is 0 Å². The number of carbonyl (C=O) groups excluding carboxylic acids is 3. The average Bonchev–Trinajstić information content (AvgIpc) is 2.77. The minimum atomic E-state index is -0.335. The molecule has 0 bridgehead atoms. The number of hydrogen-bond donors (Lipinski definition) is 4. The number of aryl methyl sites for hydroxylation is 2. The van der Waals surface area contributed by atoms with E-state index in [9.17, 15) is 14.4 Å². The third-order valence-corrected chi connectivity index (χ3v) is 5.45. The molecule has 170 valence electrons. The number of rotatable bonds is 5. The molecule has 0 aromatic heterocycles. The van der Waals surface area contributed by atoms with Crippen LogP contribution >= 0.6 is 0 Å². The van der Waals surface area contributed by atoms with Gasteiger partial charge in [0.2, 0.25) is 5.91 Å². The highest BCUT2D eigenvalue weighted by atomic mass is 16.2. The number of carbonyl (C=O) groups is 3. The molecule has 1 atom stereocenters. The number of likely N-dealkylation sites (tertiary alicyclic amines) is 1. The first-order valence-corrected chi connectivity index (χ1v) is 10.9. The van der Waals surface area contributed by atoms with E-state index in [-0.39, 0.29) is 23.9 Å². The van der Waals surface area contributed by atoms with Gasteiger partial charge in [0.15, 0.2) is 0 Å². The predicted molar refractivity (Wildman–Crippen MR) is 127 cm³/mol. The van der Waals surface area contributed by atoms with E-state index in [0.29, 0.717) is 31.0 Å². The number of nitrogens with zero attached hydrogens (tertiary/aromatic N) is 1. The van der Waals surface area contributed by atoms with Crippen LogP contribution in [-0.4, -0.2) is 42.5 Å². The Kier molecular flexibility index (Phi) is 7.70. The lowest BCUT2D eigenvalue weighted by Crippen LogP contribution is -2.46. The predicted octanol–water partition coefficient (Wildman–Crippen LogP) is 4.33. The van der Waals surface area contributed by atoms with Gasteiger partial charge in [-0.05, 0) is 69.5 Å². The van der Waals surface area contributed by atoms with Gasteiger partial charge in [0, 0.05) is 36.7 Å². The zero-order valence-electron chi connectivity index (χ0n) is 18.8. The number of nitrogens with one attached hydrogen (secondary N) is 4. The number of piperidine rings is 1. The van der Waals surface area contributed by atoms with Gasteiger partial charge < -0.3 is 26.2 Å². The lowest BCUT2D eigenvalue weighted by molar-refractivity contribution is -0.126. The Morgan fingerprint density at radius 3 is 2.31 bits per heavy atom. The minimum Gasteiger partial charge on any atom is -0.356 e. The molecule has 32 heavy (non-hydrogen) atoms. The Bertz CT molecular complexity index is 974. The lowest BCUT2D eigenvalue weighted by Gasteiger charge is -2.32. The van der Waals surface area contributed by atoms with Crippen LogP contribution in [0.2, 0.25) is 0 Å². The molecule has 2 aromatic carbocycles. The summed E-state index contributed by atoms with van der Waals surface area (Å²) >= 11 is 0. The Hall–Kier alpha value is -3.55. The summed E-state index contributed by atoms with van der Waals surface area (Å²) in [4.78, 5) is 38.7. The third-order valence-electron chi connectivity index (χ3n) is 5.45. The van der Waals surface area contributed by atoms with E-state index in [1.54, 1.807) is 29.2 Å². The molecule has 0 unspecified atom stereocenters. The van der Waals surface area contributed by atoms with E-state index in [4.69, 9.17) is 0 Å². The van der Waals surface area contributed by atoms with Crippen molar-refractivity contribution in [2.75, 3.05) is 35.6 Å². The molecule has 4 N–H and O–H groups in total. The van der Waals surface area contributed by atoms with E-state index in [2.05, 4.69) is 21.3 Å². The maximum atomic E-state index is 12.6. The highest BCUT2D eigenvalue weighted by Crippen LogP contribution is 2.20. The van der Waals surface area contributed by atoms with E-state index >= 15 is 0 Å². The van der Waals surface area contributed by atoms with Crippen molar-refractivity contribution in [1.82, 2.24) is 10.2 Å². The maximum absolute atomic E-state index is 12.6. The fourth-order valence-electron chi connectivity index (χ4n) is 3.77. The minimum absolute atomic E-state index is 0.000431. The summed E-state index contributed by atoms with van der Waals surface area (Å²) in [5.41, 5.74) is 4.11. The molecule has 1 saturated heterocycles. The van der Waals surface area contributed by atoms with Crippen molar-refractivity contribution in [1.29, 1.82) is 0 Å². The van der Waals surface area contributed by atoms with E-state index in [1.165, 1.54) is 0 Å². The van der Waals surface area contributed by atoms with Crippen molar-refractivity contribution >= 4 is 35.0 Å². The summed E-state index contributed by atoms with van der Waals surface area (Å²) < 4.78 is 0. The molecule has 8 nitrogen and oxygen atoms in total. The second-order valence-corrected chi connectivity index (χ2v) is 8.08. The van der Waals surface area contributed by atoms with Crippen molar-refractivity contribution in [3.05, 3.63) is 53.6 Å². The van der Waals surface area contributed by atoms with Gasteiger partial charge in [0.25, 0.3) is 0 Å². The van der Waals surface area contributed by atoms with Crippen LogP contribution in [0.5, 0.6) is 0 Å². The molecule has 0 spiro atoms. The van der Waals surface area contributed by atoms with Gasteiger partial charge in [-0.2, -0.15) is 0 Å². The van der Waals surface area contributed by atoms with Crippen LogP contribution in [-0.2, 0) is 4.79 Å². The Labute approximate surface area is 188 Å². The number of benzene rings is 2. The fourth-order valence-corrected chi connectivity index (χ4v) is 3.77. The largest absolute Gasteiger partial charge is 0.356 e. The molecule has 0 aliphatic carbocycles. The van der Waals surface area contributed by atoms with Gasteiger partial charge in [-0.3, -0.25) is 4.79 Å². The first kappa shape index (κ1) is 23.1. The van der Waals surface area contributed by atoms with Crippen molar-refractivity contribution in [3.8, 4) is 0 Å². The molecule has 0 radical (unpaired) electrons. The van der Waals surface area contributed by atoms with Gasteiger partial charge in [0.1, 0.15) is 0 Å². The van der Waals surface area contributed by atoms with Crippen molar-refractivity contribution in [2.45, 2.75) is 33.6 Å². The fraction of sp³-hybridized carbons (Fsp3) is 0.375. The molecule has 5 amide bonds. The molecule has 1 heterocycles. The van der Waals surface area contributed by atoms with Crippen molar-refractivity contribution in [3.63, 3.8) is 0 Å². The van der Waals surface area contributed by atoms with Crippen molar-refractivity contribution in [2.24, 2.45) is 5.92 Å². The monoisotopic (exact) mass is 437 g/mol. The molecular formula is C24H31N5O3. The molecule has 0 saturated carbocycles. The van der Waals surface area contributed by atoms with Crippen molar-refractivity contribution < 1.29 is 14.4 Å². The topological polar surface area (TPSA) is 103 Å². The first-order valence-electron chi connectivity index (χ1n) is 10.9. The molecule has 1 aliphatic rings. The summed E-state index contributed by atoms with van der Waals surface area (Å²) in [5.74, 6) is -0.170. The molecule has 3 rings (SSSR count). The van der Waals surface area contributed by atoms with E-state index < -0.39 is 0 Å². The van der Waals surface area contributed by atoms with Crippen LogP contribution in [0.1, 0.15) is 30.9 Å². The Balaban J connectivity index is 1.52. The SMILES string of the molecule is CCNC(=O)[C@@H]1CCCN(C(=O)Nc2ccc(NC(=O)Nc3ccc(C)cc3C)cc2)C1. The number of amides is 5. The zero-order valence-corrected chi connectivity index (χ0v) is 18.8. The molecule has 1 fully saturated rings. The molecule has 2 aromatic rings. The second kappa shape index (κ2) is 10.7. The zero-order chi connectivity index (χ0) is 23.1. The molecule has 1 aliphatic heterocycles. The van der Waals surface area contributed by atoms with Crippen LogP contribution in [0, 0.1) is 19.8 Å². The lowest BCUT2D eigenvalue weighted by atomic mass is 9.97. The Morgan fingerprint density at radius 2 is 1.66 bits per heavy atom. The van der Waals surface area contributed by atoms with Crippen LogP contribution in [0.15, 0.2) is 42.5 Å². The first-order chi connectivity index (χ1) is 15.4. The quantitative estimate of drug-likeness (QED) is 0.560. The highest BCUT2D eigenvalue weighted by molar-refractivity contribution is 6.00. The maximum Gasteiger partial charge on any atom is 0.323 e. The van der Waals surface area contributed by atoms with Crippen LogP contribution < -0.4 is 21.3 Å². The van der Waals surface area contributed by atoms with E-state index in [0.717, 1.165) is 29.7 Å². The highest BCUT2D eigenvalue weighted by Gasteiger charge is 2.28. The summed E-state index contributed by atoms with van der Waals surface area (Å²) in [6.45, 7) is 7.46. The number of anilines is 3. The standard InChI is InChI=1S/C24H31N5O3/c1-4-25-22(30)18-6-5-13-29(15-18)24(32)27-20-10-8-19(9-11-20)26-23(31)28-21-12-7-16(2)14-17(21)3/h7-12,14,18H,4-6,13,15H2,1-3H3,(H,25,30)(H,27,32)(H2,26,28,31)/t18-/m1/s1. The molecule has 8 heteroatoms. The smallest absolute Gasteiger partial charge is 0.323 e. The average molecular weight is 438 g/mol. The third kappa shape index (κ3) is 6.23. The Morgan fingerprint density at radius 1 is 0.969 bits per heavy atom. The summed E-state index contributed by atoms with van der Waals surface area (Å²) in [5, 5.41) is 11.3. The number of hydrogen-bond acceptors (Lipinski definition) is 3. The van der Waals surface area contributed by atoms with Gasteiger partial charge in [0.05, 0.1) is 5.92 Å². The van der Waals surface area contributed by atoms with E-state index in [1.807, 2.05) is 39.0 Å². The van der Waals surface area contributed by atoms with Gasteiger partial charge in [-0.25, -0.2) is 9.59 Å².